The van der Waals surface area contributed by atoms with Crippen molar-refractivity contribution in [1.29, 1.82) is 0 Å². The van der Waals surface area contributed by atoms with E-state index in [1.54, 1.807) is 0 Å². The van der Waals surface area contributed by atoms with Gasteiger partial charge in [0, 0.05) is 0 Å². The normalized spacial score (nSPS) is 17.2. The minimum Gasteiger partial charge on any atom is -0.298 e. The highest BCUT2D eigenvalue weighted by atomic mass is 35.5. The zero-order chi connectivity index (χ0) is 10.8. The van der Waals surface area contributed by atoms with E-state index in [1.807, 2.05) is 11.6 Å². The molecule has 0 aromatic carbocycles. The van der Waals surface area contributed by atoms with Gasteiger partial charge in [0.25, 0.3) is 0 Å². The summed E-state index contributed by atoms with van der Waals surface area (Å²) in [7, 11) is 0. The Balaban J connectivity index is 2.38. The molecule has 0 aliphatic heterocycles. The molecule has 0 atom stereocenters. The van der Waals surface area contributed by atoms with Crippen LogP contribution >= 0.6 is 11.6 Å². The molecule has 15 heavy (non-hydrogen) atoms. The lowest BCUT2D eigenvalue weighted by Gasteiger charge is -2.10. The van der Waals surface area contributed by atoms with Gasteiger partial charge >= 0.3 is 0 Å². The molecule has 0 spiro atoms. The number of carbonyl (C=O) groups is 1. The van der Waals surface area contributed by atoms with Gasteiger partial charge in [0.15, 0.2) is 6.29 Å². The van der Waals surface area contributed by atoms with Gasteiger partial charge in [0.05, 0.1) is 17.3 Å². The molecule has 1 aliphatic rings. The maximum absolute atomic E-state index is 10.9. The number of aldehydes is 1. The third-order valence-electron chi connectivity index (χ3n) is 3.09. The van der Waals surface area contributed by atoms with E-state index in [2.05, 4.69) is 5.10 Å². The summed E-state index contributed by atoms with van der Waals surface area (Å²) in [5, 5.41) is 4.96. The number of hydrogen-bond acceptors (Lipinski definition) is 2. The molecular weight excluding hydrogens is 212 g/mol. The van der Waals surface area contributed by atoms with Gasteiger partial charge in [-0.15, -0.1) is 0 Å². The van der Waals surface area contributed by atoms with Crippen LogP contribution in [-0.2, 0) is 6.42 Å². The molecule has 0 N–H and O–H groups in total. The molecule has 4 heteroatoms. The Morgan fingerprint density at radius 2 is 2.20 bits per heavy atom. The maximum atomic E-state index is 10.9. The molecule has 82 valence electrons. The predicted molar refractivity (Wildman–Crippen MR) is 59.5 cm³/mol. The lowest BCUT2D eigenvalue weighted by atomic mass is 10.2. The highest BCUT2D eigenvalue weighted by molar-refractivity contribution is 6.32. The van der Waals surface area contributed by atoms with Crippen LogP contribution in [0.2, 0.25) is 5.15 Å². The molecule has 0 saturated heterocycles. The van der Waals surface area contributed by atoms with Gasteiger partial charge in [-0.3, -0.25) is 4.79 Å². The predicted octanol–water partition coefficient (Wildman–Crippen LogP) is 3.03. The molecule has 0 unspecified atom stereocenters. The van der Waals surface area contributed by atoms with Crippen molar-refractivity contribution >= 4 is 17.9 Å². The second kappa shape index (κ2) is 4.35. The van der Waals surface area contributed by atoms with Gasteiger partial charge in [-0.05, 0) is 19.3 Å². The molecule has 1 aromatic rings. The van der Waals surface area contributed by atoms with Crippen molar-refractivity contribution in [3.63, 3.8) is 0 Å². The van der Waals surface area contributed by atoms with E-state index in [0.29, 0.717) is 16.8 Å². The monoisotopic (exact) mass is 226 g/mol. The third kappa shape index (κ3) is 1.81. The standard InChI is InChI=1S/C11H15ClN2O/c1-2-10-9(7-15)11(12)14(13-10)8-5-3-4-6-8/h7-8H,2-6H2,1H3. The first-order valence-corrected chi connectivity index (χ1v) is 5.87. The zero-order valence-corrected chi connectivity index (χ0v) is 9.63. The average molecular weight is 227 g/mol. The van der Waals surface area contributed by atoms with Crippen molar-refractivity contribution in [1.82, 2.24) is 9.78 Å². The quantitative estimate of drug-likeness (QED) is 0.743. The fraction of sp³-hybridized carbons (Fsp3) is 0.636. The van der Waals surface area contributed by atoms with Crippen molar-refractivity contribution in [2.24, 2.45) is 0 Å². The highest BCUT2D eigenvalue weighted by Gasteiger charge is 2.23. The molecule has 1 fully saturated rings. The molecule has 1 saturated carbocycles. The zero-order valence-electron chi connectivity index (χ0n) is 8.87. The number of nitrogens with zero attached hydrogens (tertiary/aromatic N) is 2. The van der Waals surface area contributed by atoms with Crippen LogP contribution in [0.4, 0.5) is 0 Å². The van der Waals surface area contributed by atoms with E-state index in [-0.39, 0.29) is 0 Å². The third-order valence-corrected chi connectivity index (χ3v) is 3.46. The van der Waals surface area contributed by atoms with Gasteiger partial charge in [-0.2, -0.15) is 5.10 Å². The number of aryl methyl sites for hydroxylation is 1. The Hall–Kier alpha value is -0.830. The fourth-order valence-corrected chi connectivity index (χ4v) is 2.57. The van der Waals surface area contributed by atoms with Gasteiger partial charge < -0.3 is 0 Å². The van der Waals surface area contributed by atoms with Gasteiger partial charge in [-0.1, -0.05) is 31.4 Å². The Kier molecular flexibility index (Phi) is 3.10. The molecule has 3 nitrogen and oxygen atoms in total. The molecule has 2 rings (SSSR count). The summed E-state index contributed by atoms with van der Waals surface area (Å²) >= 11 is 6.16. The van der Waals surface area contributed by atoms with Crippen molar-refractivity contribution in [2.45, 2.75) is 45.1 Å². The molecule has 1 aliphatic carbocycles. The first-order valence-electron chi connectivity index (χ1n) is 5.50. The van der Waals surface area contributed by atoms with Gasteiger partial charge in [0.1, 0.15) is 5.15 Å². The van der Waals surface area contributed by atoms with E-state index in [0.717, 1.165) is 31.2 Å². The highest BCUT2D eigenvalue weighted by Crippen LogP contribution is 2.33. The van der Waals surface area contributed by atoms with E-state index in [1.165, 1.54) is 12.8 Å². The summed E-state index contributed by atoms with van der Waals surface area (Å²) in [5.74, 6) is 0. The summed E-state index contributed by atoms with van der Waals surface area (Å²) < 4.78 is 1.84. The number of hydrogen-bond donors (Lipinski definition) is 0. The number of aromatic nitrogens is 2. The minimum absolute atomic E-state index is 0.400. The second-order valence-electron chi connectivity index (χ2n) is 4.01. The molecular formula is C11H15ClN2O. The topological polar surface area (TPSA) is 34.9 Å². The van der Waals surface area contributed by atoms with Crippen molar-refractivity contribution in [3.05, 3.63) is 16.4 Å². The molecule has 0 amide bonds. The van der Waals surface area contributed by atoms with Crippen LogP contribution in [-0.4, -0.2) is 16.1 Å². The molecule has 0 radical (unpaired) electrons. The smallest absolute Gasteiger partial charge is 0.155 e. The van der Waals surface area contributed by atoms with Gasteiger partial charge in [-0.25, -0.2) is 4.68 Å². The van der Waals surface area contributed by atoms with Crippen LogP contribution in [0.1, 0.15) is 54.7 Å². The van der Waals surface area contributed by atoms with Crippen molar-refractivity contribution in [2.75, 3.05) is 0 Å². The van der Waals surface area contributed by atoms with Crippen LogP contribution in [0.5, 0.6) is 0 Å². The van der Waals surface area contributed by atoms with Crippen molar-refractivity contribution in [3.8, 4) is 0 Å². The number of rotatable bonds is 3. The summed E-state index contributed by atoms with van der Waals surface area (Å²) in [4.78, 5) is 10.9. The lowest BCUT2D eigenvalue weighted by Crippen LogP contribution is -2.06. The van der Waals surface area contributed by atoms with Crippen LogP contribution in [0.3, 0.4) is 0 Å². The molecule has 0 bridgehead atoms. The van der Waals surface area contributed by atoms with Crippen LogP contribution < -0.4 is 0 Å². The number of halogens is 1. The Morgan fingerprint density at radius 3 is 2.67 bits per heavy atom. The first-order chi connectivity index (χ1) is 7.27. The molecule has 1 heterocycles. The maximum Gasteiger partial charge on any atom is 0.155 e. The number of carbonyl (C=O) groups excluding carboxylic acids is 1. The van der Waals surface area contributed by atoms with Crippen LogP contribution in [0.15, 0.2) is 0 Å². The Labute approximate surface area is 94.4 Å². The first kappa shape index (κ1) is 10.7. The van der Waals surface area contributed by atoms with Crippen molar-refractivity contribution < 1.29 is 4.79 Å². The summed E-state index contributed by atoms with van der Waals surface area (Å²) in [5.41, 5.74) is 1.40. The van der Waals surface area contributed by atoms with E-state index in [4.69, 9.17) is 11.6 Å². The summed E-state index contributed by atoms with van der Waals surface area (Å²) in [6, 6.07) is 0.400. The lowest BCUT2D eigenvalue weighted by molar-refractivity contribution is 0.112. The Morgan fingerprint density at radius 1 is 1.53 bits per heavy atom. The average Bonchev–Trinajstić information content (AvgIpc) is 2.84. The fourth-order valence-electron chi connectivity index (χ4n) is 2.24. The van der Waals surface area contributed by atoms with E-state index in [9.17, 15) is 4.79 Å². The summed E-state index contributed by atoms with van der Waals surface area (Å²) in [6.07, 6.45) is 6.30. The SMILES string of the molecule is CCc1nn(C2CCCC2)c(Cl)c1C=O. The summed E-state index contributed by atoms with van der Waals surface area (Å²) in [6.45, 7) is 1.99. The Bertz CT molecular complexity index is 367. The van der Waals surface area contributed by atoms with E-state index >= 15 is 0 Å². The van der Waals surface area contributed by atoms with E-state index < -0.39 is 0 Å². The largest absolute Gasteiger partial charge is 0.298 e. The van der Waals surface area contributed by atoms with Gasteiger partial charge in [0.2, 0.25) is 0 Å². The second-order valence-corrected chi connectivity index (χ2v) is 4.36. The van der Waals surface area contributed by atoms with Crippen LogP contribution in [0.25, 0.3) is 0 Å². The van der Waals surface area contributed by atoms with Crippen LogP contribution in [0, 0.1) is 0 Å². The molecule has 1 aromatic heterocycles. The minimum atomic E-state index is 0.400.